The van der Waals surface area contributed by atoms with Gasteiger partial charge in [0.1, 0.15) is 0 Å². The van der Waals surface area contributed by atoms with Crippen LogP contribution in [-0.2, 0) is 13.6 Å². The Labute approximate surface area is 147 Å². The van der Waals surface area contributed by atoms with Crippen molar-refractivity contribution in [2.75, 3.05) is 49.8 Å². The molecule has 0 radical (unpaired) electrons. The maximum Gasteiger partial charge on any atom is 0.408 e. The van der Waals surface area contributed by atoms with Crippen molar-refractivity contribution in [3.63, 3.8) is 0 Å². The Morgan fingerprint density at radius 1 is 0.714 bits per heavy atom. The Balaban J connectivity index is 4.56. The third kappa shape index (κ3) is 10.6. The molecule has 0 N–H and O–H groups in total. The molecule has 0 fully saturated rings. The number of unbranched alkanes of at least 4 members (excludes halogenated alkanes) is 2. The third-order valence-electron chi connectivity index (χ3n) is 2.60. The van der Waals surface area contributed by atoms with E-state index in [4.69, 9.17) is 55.5 Å². The Hall–Kier alpha value is 1.27. The third-order valence-corrected chi connectivity index (χ3v) is 5.58. The molecule has 0 bridgehead atoms. The number of rotatable bonds is 15. The molecule has 0 aromatic rings. The van der Waals surface area contributed by atoms with E-state index in [-0.39, 0.29) is 0 Å². The molecule has 0 atom stereocenters. The lowest BCUT2D eigenvalue weighted by atomic mass is 10.4. The lowest BCUT2D eigenvalue weighted by molar-refractivity contribution is 0.157. The van der Waals surface area contributed by atoms with Crippen molar-refractivity contribution >= 4 is 54.2 Å². The molecule has 21 heavy (non-hydrogen) atoms. The maximum atomic E-state index is 12.9. The fourth-order valence-corrected chi connectivity index (χ4v) is 4.34. The topological polar surface area (TPSA) is 38.8 Å². The summed E-state index contributed by atoms with van der Waals surface area (Å²) in [6.07, 6.45) is 3.07. The second kappa shape index (κ2) is 14.8. The summed E-state index contributed by atoms with van der Waals surface area (Å²) in [7, 11) is -3.36. The SMILES string of the molecule is O=P(OCCCCCl)(OCCCCCl)N(CCCl)CCCl. The molecule has 4 nitrogen and oxygen atoms in total. The van der Waals surface area contributed by atoms with Gasteiger partial charge in [-0.15, -0.1) is 46.4 Å². The van der Waals surface area contributed by atoms with Crippen LogP contribution in [0.3, 0.4) is 0 Å². The van der Waals surface area contributed by atoms with Crippen LogP contribution in [0, 0.1) is 0 Å². The molecular weight excluding hydrogens is 379 g/mol. The van der Waals surface area contributed by atoms with Crippen LogP contribution in [0.25, 0.3) is 0 Å². The van der Waals surface area contributed by atoms with Gasteiger partial charge in [0.2, 0.25) is 0 Å². The van der Waals surface area contributed by atoms with Gasteiger partial charge in [-0.05, 0) is 25.7 Å². The highest BCUT2D eigenvalue weighted by Crippen LogP contribution is 2.52. The van der Waals surface area contributed by atoms with Gasteiger partial charge in [0.05, 0.1) is 13.2 Å². The van der Waals surface area contributed by atoms with Crippen LogP contribution in [0.5, 0.6) is 0 Å². The summed E-state index contributed by atoms with van der Waals surface area (Å²) >= 11 is 22.7. The second-order valence-electron chi connectivity index (χ2n) is 4.26. The smallest absolute Gasteiger partial charge is 0.297 e. The van der Waals surface area contributed by atoms with Crippen molar-refractivity contribution in [2.45, 2.75) is 25.7 Å². The van der Waals surface area contributed by atoms with E-state index in [0.29, 0.717) is 49.8 Å². The molecule has 0 saturated heterocycles. The molecule has 0 aliphatic carbocycles. The van der Waals surface area contributed by atoms with Crippen LogP contribution < -0.4 is 0 Å². The first-order chi connectivity index (χ1) is 10.1. The zero-order valence-electron chi connectivity index (χ0n) is 12.1. The molecule has 0 amide bonds. The number of halogens is 4. The number of alkyl halides is 4. The normalized spacial score (nSPS) is 12.2. The van der Waals surface area contributed by atoms with Crippen LogP contribution in [0.4, 0.5) is 0 Å². The minimum absolute atomic E-state index is 0.330. The molecule has 0 unspecified atom stereocenters. The summed E-state index contributed by atoms with van der Waals surface area (Å²) < 4.78 is 25.6. The van der Waals surface area contributed by atoms with Gasteiger partial charge in [-0.2, -0.15) is 0 Å². The first-order valence-electron chi connectivity index (χ1n) is 7.03. The van der Waals surface area contributed by atoms with Gasteiger partial charge in [-0.25, -0.2) is 9.24 Å². The Morgan fingerprint density at radius 3 is 1.48 bits per heavy atom. The quantitative estimate of drug-likeness (QED) is 0.221. The van der Waals surface area contributed by atoms with E-state index in [0.717, 1.165) is 25.7 Å². The molecular formula is C12H24Cl4NO3P. The predicted molar refractivity (Wildman–Crippen MR) is 92.4 cm³/mol. The first-order valence-corrected chi connectivity index (χ1v) is 10.7. The zero-order valence-corrected chi connectivity index (χ0v) is 16.0. The van der Waals surface area contributed by atoms with E-state index in [1.807, 2.05) is 0 Å². The summed E-state index contributed by atoms with van der Waals surface area (Å²) in [4.78, 5) is 0. The Kier molecular flexibility index (Phi) is 15.7. The highest BCUT2D eigenvalue weighted by atomic mass is 35.5. The van der Waals surface area contributed by atoms with Crippen molar-refractivity contribution in [3.8, 4) is 0 Å². The molecule has 0 spiro atoms. The zero-order chi connectivity index (χ0) is 16.0. The van der Waals surface area contributed by atoms with Crippen LogP contribution >= 0.6 is 54.2 Å². The van der Waals surface area contributed by atoms with Crippen molar-refractivity contribution in [2.24, 2.45) is 0 Å². The average Bonchev–Trinajstić information content (AvgIpc) is 2.48. The van der Waals surface area contributed by atoms with Gasteiger partial charge >= 0.3 is 7.75 Å². The van der Waals surface area contributed by atoms with E-state index in [2.05, 4.69) is 0 Å². The minimum atomic E-state index is -3.36. The van der Waals surface area contributed by atoms with Gasteiger partial charge in [0, 0.05) is 36.6 Å². The maximum absolute atomic E-state index is 12.9. The van der Waals surface area contributed by atoms with E-state index in [1.165, 1.54) is 0 Å². The largest absolute Gasteiger partial charge is 0.408 e. The molecule has 0 heterocycles. The number of nitrogens with zero attached hydrogens (tertiary/aromatic N) is 1. The molecule has 0 aliphatic rings. The van der Waals surface area contributed by atoms with Crippen molar-refractivity contribution < 1.29 is 13.6 Å². The lowest BCUT2D eigenvalue weighted by Crippen LogP contribution is -2.27. The Morgan fingerprint density at radius 2 is 1.14 bits per heavy atom. The minimum Gasteiger partial charge on any atom is -0.297 e. The van der Waals surface area contributed by atoms with Crippen LogP contribution in [0.1, 0.15) is 25.7 Å². The number of hydrogen-bond donors (Lipinski definition) is 0. The molecule has 9 heteroatoms. The fraction of sp³-hybridized carbons (Fsp3) is 1.00. The van der Waals surface area contributed by atoms with E-state index >= 15 is 0 Å². The van der Waals surface area contributed by atoms with Crippen LogP contribution in [0.2, 0.25) is 0 Å². The fourth-order valence-electron chi connectivity index (χ4n) is 1.51. The van der Waals surface area contributed by atoms with Crippen molar-refractivity contribution in [1.82, 2.24) is 4.67 Å². The molecule has 0 aromatic carbocycles. The lowest BCUT2D eigenvalue weighted by Gasteiger charge is -2.29. The van der Waals surface area contributed by atoms with Crippen molar-refractivity contribution in [3.05, 3.63) is 0 Å². The standard InChI is InChI=1S/C12H24Cl4NO3P/c13-5-1-3-11-19-21(18,20-12-4-2-6-14)17(9-7-15)10-8-16/h1-12H2. The van der Waals surface area contributed by atoms with Gasteiger partial charge < -0.3 is 0 Å². The van der Waals surface area contributed by atoms with Gasteiger partial charge in [0.15, 0.2) is 0 Å². The summed E-state index contributed by atoms with van der Waals surface area (Å²) in [5, 5.41) is 0. The van der Waals surface area contributed by atoms with E-state index in [9.17, 15) is 4.57 Å². The van der Waals surface area contributed by atoms with Gasteiger partial charge in [0.25, 0.3) is 0 Å². The van der Waals surface area contributed by atoms with Crippen molar-refractivity contribution in [1.29, 1.82) is 0 Å². The molecule has 128 valence electrons. The summed E-state index contributed by atoms with van der Waals surface area (Å²) in [5.74, 6) is 1.77. The van der Waals surface area contributed by atoms with E-state index in [1.54, 1.807) is 4.67 Å². The average molecular weight is 403 g/mol. The highest BCUT2D eigenvalue weighted by Gasteiger charge is 2.32. The predicted octanol–water partition coefficient (Wildman–Crippen LogP) is 4.95. The van der Waals surface area contributed by atoms with Gasteiger partial charge in [-0.3, -0.25) is 9.05 Å². The van der Waals surface area contributed by atoms with Crippen LogP contribution in [0.15, 0.2) is 0 Å². The van der Waals surface area contributed by atoms with Crippen LogP contribution in [-0.4, -0.2) is 54.5 Å². The van der Waals surface area contributed by atoms with Gasteiger partial charge in [-0.1, -0.05) is 0 Å². The molecule has 0 saturated carbocycles. The summed E-state index contributed by atoms with van der Waals surface area (Å²) in [5.41, 5.74) is 0. The Bertz CT molecular complexity index is 265. The number of hydrogen-bond acceptors (Lipinski definition) is 3. The summed E-state index contributed by atoms with van der Waals surface area (Å²) in [6, 6.07) is 0. The molecule has 0 aromatic heterocycles. The first kappa shape index (κ1) is 22.3. The second-order valence-corrected chi connectivity index (χ2v) is 7.79. The molecule has 0 aliphatic heterocycles. The highest BCUT2D eigenvalue weighted by molar-refractivity contribution is 7.51. The summed E-state index contributed by atoms with van der Waals surface area (Å²) in [6.45, 7) is 1.47. The molecule has 0 rings (SSSR count). The monoisotopic (exact) mass is 401 g/mol. The van der Waals surface area contributed by atoms with E-state index < -0.39 is 7.75 Å².